The molecule has 4 heterocycles. The summed E-state index contributed by atoms with van der Waals surface area (Å²) in [5.41, 5.74) is 11.6. The van der Waals surface area contributed by atoms with Crippen LogP contribution in [0, 0.1) is 0 Å². The SMILES string of the molecule is CC(CC(=O)O)O/N=C(\C(=O)NC1C(=O)N2C(C(=O)O)=C(CSc3nc(N)cc[n+]3C)CS[C@H]12)c1csc(N)n1. The van der Waals surface area contributed by atoms with Crippen LogP contribution in [0.5, 0.6) is 0 Å². The largest absolute Gasteiger partial charge is 0.481 e. The van der Waals surface area contributed by atoms with Gasteiger partial charge in [0.1, 0.15) is 28.9 Å². The van der Waals surface area contributed by atoms with E-state index in [1.54, 1.807) is 23.9 Å². The maximum absolute atomic E-state index is 13.2. The summed E-state index contributed by atoms with van der Waals surface area (Å²) in [6.45, 7) is 1.47. The number of carbonyl (C=O) groups excluding carboxylic acids is 2. The first-order chi connectivity index (χ1) is 19.0. The molecule has 7 N–H and O–H groups in total. The van der Waals surface area contributed by atoms with Gasteiger partial charge in [-0.05, 0) is 29.2 Å². The minimum atomic E-state index is -1.26. The minimum Gasteiger partial charge on any atom is -0.481 e. The van der Waals surface area contributed by atoms with Gasteiger partial charge in [-0.25, -0.2) is 14.3 Å². The molecule has 0 radical (unpaired) electrons. The Hall–Kier alpha value is -3.90. The van der Waals surface area contributed by atoms with Crippen molar-refractivity contribution in [3.8, 4) is 0 Å². The molecule has 3 atom stereocenters. The Morgan fingerprint density at radius 1 is 1.35 bits per heavy atom. The van der Waals surface area contributed by atoms with Gasteiger partial charge in [-0.1, -0.05) is 5.16 Å². The van der Waals surface area contributed by atoms with E-state index in [0.717, 1.165) is 16.2 Å². The van der Waals surface area contributed by atoms with E-state index in [4.69, 9.17) is 21.4 Å². The van der Waals surface area contributed by atoms with Gasteiger partial charge in [-0.15, -0.1) is 23.1 Å². The van der Waals surface area contributed by atoms with Gasteiger partial charge in [0.05, 0.1) is 19.7 Å². The van der Waals surface area contributed by atoms with Crippen molar-refractivity contribution in [2.24, 2.45) is 12.2 Å². The van der Waals surface area contributed by atoms with E-state index in [2.05, 4.69) is 20.4 Å². The molecule has 2 aliphatic heterocycles. The third kappa shape index (κ3) is 6.28. The van der Waals surface area contributed by atoms with Crippen LogP contribution in [0.2, 0.25) is 0 Å². The van der Waals surface area contributed by atoms with Crippen molar-refractivity contribution in [3.05, 3.63) is 34.6 Å². The summed E-state index contributed by atoms with van der Waals surface area (Å²) in [7, 11) is 1.79. The van der Waals surface area contributed by atoms with E-state index in [1.807, 2.05) is 0 Å². The molecule has 2 amide bonds. The van der Waals surface area contributed by atoms with Gasteiger partial charge in [0.15, 0.2) is 10.8 Å². The third-order valence-electron chi connectivity index (χ3n) is 5.67. The lowest BCUT2D eigenvalue weighted by atomic mass is 10.0. The van der Waals surface area contributed by atoms with Crippen LogP contribution in [-0.2, 0) is 31.1 Å². The highest BCUT2D eigenvalue weighted by Crippen LogP contribution is 2.41. The number of aromatic nitrogens is 3. The second-order valence-corrected chi connectivity index (χ2v) is 11.6. The third-order valence-corrected chi connectivity index (χ3v) is 8.82. The number of thioether (sulfide) groups is 2. The molecule has 0 aliphatic carbocycles. The molecular weight excluding hydrogens is 584 g/mol. The number of nitrogens with one attached hydrogen (secondary N) is 1. The Balaban J connectivity index is 1.50. The molecule has 2 aliphatic rings. The number of anilines is 2. The summed E-state index contributed by atoms with van der Waals surface area (Å²) in [5, 5.41) is 26.8. The van der Waals surface area contributed by atoms with Gasteiger partial charge in [0.2, 0.25) is 5.82 Å². The van der Waals surface area contributed by atoms with Crippen molar-refractivity contribution in [3.63, 3.8) is 0 Å². The number of oxime groups is 1. The van der Waals surface area contributed by atoms with Crippen LogP contribution >= 0.6 is 34.9 Å². The number of thiazole rings is 1. The topological polar surface area (TPSA) is 227 Å². The zero-order valence-electron chi connectivity index (χ0n) is 21.1. The van der Waals surface area contributed by atoms with Crippen molar-refractivity contribution < 1.29 is 38.8 Å². The smallest absolute Gasteiger partial charge is 0.361 e. The molecule has 2 unspecified atom stereocenters. The predicted octanol–water partition coefficient (Wildman–Crippen LogP) is -0.358. The van der Waals surface area contributed by atoms with E-state index in [9.17, 15) is 24.3 Å². The number of carboxylic acids is 2. The predicted molar refractivity (Wildman–Crippen MR) is 146 cm³/mol. The fourth-order valence-corrected chi connectivity index (χ4v) is 6.79. The maximum Gasteiger partial charge on any atom is 0.361 e. The number of nitrogens with two attached hydrogens (primary N) is 2. The number of hydrogen-bond acceptors (Lipinski definition) is 13. The highest BCUT2D eigenvalue weighted by atomic mass is 32.2. The van der Waals surface area contributed by atoms with Crippen molar-refractivity contribution in [2.75, 3.05) is 23.0 Å². The second kappa shape index (κ2) is 12.1. The summed E-state index contributed by atoms with van der Waals surface area (Å²) in [6.07, 6.45) is 0.531. The lowest BCUT2D eigenvalue weighted by molar-refractivity contribution is -0.713. The van der Waals surface area contributed by atoms with Crippen LogP contribution in [0.4, 0.5) is 10.9 Å². The van der Waals surface area contributed by atoms with E-state index in [1.165, 1.54) is 35.8 Å². The van der Waals surface area contributed by atoms with E-state index >= 15 is 0 Å². The molecule has 15 nitrogen and oxygen atoms in total. The monoisotopic (exact) mass is 609 g/mol. The minimum absolute atomic E-state index is 0.0798. The molecule has 1 saturated heterocycles. The standard InChI is InChI=1S/C22H24N8O7S3/c1-9(5-13(31)32)37-28-14(11-8-39-21(24)25-11)17(33)27-15-18(34)30-16(20(35)36)10(6-38-19(15)30)7-40-22-26-12(23)3-4-29(22)2/h3-4,8-9,15,19,23H,5-7H2,1-2H3,(H5,24,25,27,31,32,33,35,36)/p+1/b28-14-/t9?,15?,19-/m1/s1. The number of nitrogen functional groups attached to an aromatic ring is 2. The number of carboxylic acid groups (broad SMARTS) is 2. The van der Waals surface area contributed by atoms with Crippen LogP contribution in [0.1, 0.15) is 19.0 Å². The molecule has 212 valence electrons. The first-order valence-electron chi connectivity index (χ1n) is 11.6. The molecule has 0 saturated carbocycles. The lowest BCUT2D eigenvalue weighted by Gasteiger charge is -2.49. The Labute approximate surface area is 239 Å². The quantitative estimate of drug-likeness (QED) is 0.0548. The van der Waals surface area contributed by atoms with Crippen LogP contribution < -0.4 is 21.4 Å². The molecule has 0 bridgehead atoms. The van der Waals surface area contributed by atoms with Gasteiger partial charge in [0.25, 0.3) is 11.8 Å². The number of carbonyl (C=O) groups is 4. The zero-order chi connectivity index (χ0) is 29.1. The van der Waals surface area contributed by atoms with Crippen molar-refractivity contribution in [2.45, 2.75) is 36.0 Å². The van der Waals surface area contributed by atoms with Gasteiger partial charge in [-0.2, -0.15) is 0 Å². The number of aryl methyl sites for hydroxylation is 1. The van der Waals surface area contributed by atoms with Crippen LogP contribution in [0.3, 0.4) is 0 Å². The first kappa shape index (κ1) is 29.1. The van der Waals surface area contributed by atoms with E-state index in [-0.39, 0.29) is 34.4 Å². The molecule has 0 spiro atoms. The average Bonchev–Trinajstić information content (AvgIpc) is 3.32. The zero-order valence-corrected chi connectivity index (χ0v) is 23.6. The first-order valence-corrected chi connectivity index (χ1v) is 14.5. The second-order valence-electron chi connectivity index (χ2n) is 8.68. The van der Waals surface area contributed by atoms with Gasteiger partial charge < -0.3 is 31.8 Å². The molecule has 40 heavy (non-hydrogen) atoms. The van der Waals surface area contributed by atoms with Gasteiger partial charge in [-0.3, -0.25) is 19.3 Å². The number of nitrogens with zero attached hydrogens (tertiary/aromatic N) is 5. The van der Waals surface area contributed by atoms with Gasteiger partial charge >= 0.3 is 17.1 Å². The molecule has 0 aromatic carbocycles. The maximum atomic E-state index is 13.2. The Morgan fingerprint density at radius 2 is 2.10 bits per heavy atom. The van der Waals surface area contributed by atoms with Crippen LogP contribution in [0.15, 0.2) is 39.2 Å². The van der Waals surface area contributed by atoms with Gasteiger partial charge in [0, 0.05) is 23.0 Å². The molecule has 18 heteroatoms. The number of rotatable bonds is 11. The molecule has 2 aromatic heterocycles. The molecule has 4 rings (SSSR count). The summed E-state index contributed by atoms with van der Waals surface area (Å²) in [6, 6.07) is 0.606. The Morgan fingerprint density at radius 3 is 2.75 bits per heavy atom. The molecule has 1 fully saturated rings. The van der Waals surface area contributed by atoms with E-state index < -0.39 is 41.3 Å². The number of β-lactam (4-membered cyclic amide) rings is 1. The number of amides is 2. The van der Waals surface area contributed by atoms with Crippen LogP contribution in [-0.4, -0.2) is 83.6 Å². The lowest BCUT2D eigenvalue weighted by Crippen LogP contribution is -2.71. The highest BCUT2D eigenvalue weighted by Gasteiger charge is 2.54. The summed E-state index contributed by atoms with van der Waals surface area (Å²) in [4.78, 5) is 64.0. The highest BCUT2D eigenvalue weighted by molar-refractivity contribution is 8.01. The summed E-state index contributed by atoms with van der Waals surface area (Å²) in [5.74, 6) is -2.89. The summed E-state index contributed by atoms with van der Waals surface area (Å²) >= 11 is 3.65. The van der Waals surface area contributed by atoms with Crippen molar-refractivity contribution in [1.29, 1.82) is 0 Å². The molecule has 2 aromatic rings. The summed E-state index contributed by atoms with van der Waals surface area (Å²) < 4.78 is 1.75. The van der Waals surface area contributed by atoms with Crippen molar-refractivity contribution >= 4 is 75.3 Å². The number of hydrogen-bond donors (Lipinski definition) is 5. The average molecular weight is 610 g/mol. The Bertz CT molecular complexity index is 1430. The van der Waals surface area contributed by atoms with Crippen molar-refractivity contribution in [1.82, 2.24) is 20.2 Å². The normalized spacial score (nSPS) is 19.5. The van der Waals surface area contributed by atoms with E-state index in [0.29, 0.717) is 22.3 Å². The number of aliphatic carboxylic acids is 2. The molecular formula is C22H25N8O7S3+. The number of fused-ring (bicyclic) bond motifs is 1. The Kier molecular flexibility index (Phi) is 8.79. The fourth-order valence-electron chi connectivity index (χ4n) is 3.79. The van der Waals surface area contributed by atoms with Crippen LogP contribution in [0.25, 0.3) is 0 Å². The fraction of sp³-hybridized carbons (Fsp3) is 0.364.